The molecule has 8 heteroatoms. The smallest absolute Gasteiger partial charge is 0.243 e. The molecule has 3 aromatic rings. The van der Waals surface area contributed by atoms with Crippen molar-refractivity contribution in [3.8, 4) is 0 Å². The number of nitrogens with zero attached hydrogens (tertiary/aromatic N) is 2. The number of hydrogen-bond donors (Lipinski definition) is 1. The molecule has 0 spiro atoms. The van der Waals surface area contributed by atoms with Crippen LogP contribution >= 0.6 is 11.3 Å². The molecule has 1 atom stereocenters. The van der Waals surface area contributed by atoms with Crippen LogP contribution in [0.1, 0.15) is 23.8 Å². The van der Waals surface area contributed by atoms with Gasteiger partial charge in [0.2, 0.25) is 15.9 Å². The van der Waals surface area contributed by atoms with Crippen molar-refractivity contribution in [2.45, 2.75) is 23.8 Å². The van der Waals surface area contributed by atoms with Crippen molar-refractivity contribution in [2.24, 2.45) is 0 Å². The van der Waals surface area contributed by atoms with Gasteiger partial charge in [-0.3, -0.25) is 9.69 Å². The summed E-state index contributed by atoms with van der Waals surface area (Å²) < 4.78 is 27.1. The van der Waals surface area contributed by atoms with E-state index in [4.69, 9.17) is 0 Å². The zero-order valence-corrected chi connectivity index (χ0v) is 19.2. The second kappa shape index (κ2) is 9.48. The molecule has 0 bridgehead atoms. The van der Waals surface area contributed by atoms with Crippen molar-refractivity contribution in [1.82, 2.24) is 14.5 Å². The maximum Gasteiger partial charge on any atom is 0.243 e. The Morgan fingerprint density at radius 3 is 2.55 bits per heavy atom. The first-order chi connectivity index (χ1) is 14.9. The lowest BCUT2D eigenvalue weighted by Gasteiger charge is -2.27. The summed E-state index contributed by atoms with van der Waals surface area (Å²) >= 11 is 1.69. The fourth-order valence-electron chi connectivity index (χ4n) is 4.01. The number of likely N-dealkylation sites (N-methyl/N-ethyl adjacent to an activating group) is 1. The van der Waals surface area contributed by atoms with Gasteiger partial charge in [-0.2, -0.15) is 4.31 Å². The lowest BCUT2D eigenvalue weighted by Crippen LogP contribution is -2.42. The highest BCUT2D eigenvalue weighted by Crippen LogP contribution is 2.28. The topological polar surface area (TPSA) is 69.7 Å². The third-order valence-electron chi connectivity index (χ3n) is 5.74. The van der Waals surface area contributed by atoms with Crippen LogP contribution in [0.5, 0.6) is 0 Å². The molecule has 4 rings (SSSR count). The van der Waals surface area contributed by atoms with Crippen LogP contribution in [-0.4, -0.2) is 56.8 Å². The molecule has 1 aromatic heterocycles. The fraction of sp³-hybridized carbons (Fsp3) is 0.348. The minimum Gasteiger partial charge on any atom is -0.353 e. The van der Waals surface area contributed by atoms with E-state index in [1.54, 1.807) is 29.5 Å². The first-order valence-corrected chi connectivity index (χ1v) is 12.8. The van der Waals surface area contributed by atoms with Crippen LogP contribution in [0.4, 0.5) is 0 Å². The number of hydrogen-bond acceptors (Lipinski definition) is 5. The minimum absolute atomic E-state index is 0.133. The Balaban J connectivity index is 1.41. The summed E-state index contributed by atoms with van der Waals surface area (Å²) in [5.74, 6) is -0.299. The molecule has 0 aliphatic carbocycles. The number of carbonyl (C=O) groups excluding carboxylic acids is 1. The largest absolute Gasteiger partial charge is 0.353 e. The number of thiophene rings is 1. The quantitative estimate of drug-likeness (QED) is 0.562. The number of benzene rings is 2. The second-order valence-electron chi connectivity index (χ2n) is 7.85. The zero-order chi connectivity index (χ0) is 21.8. The molecule has 1 amide bonds. The molecule has 164 valence electrons. The molecule has 1 aliphatic rings. The van der Waals surface area contributed by atoms with Gasteiger partial charge >= 0.3 is 0 Å². The van der Waals surface area contributed by atoms with E-state index in [0.29, 0.717) is 6.54 Å². The van der Waals surface area contributed by atoms with Crippen molar-refractivity contribution in [3.05, 3.63) is 64.9 Å². The summed E-state index contributed by atoms with van der Waals surface area (Å²) in [5, 5.41) is 6.83. The standard InChI is InChI=1S/C23H27N3O3S2/c1-25(31(28,29)20-11-10-18-7-2-3-8-19(18)15-20)17-23(27)24-16-21(22-9-6-14-30-22)26-12-4-5-13-26/h2-3,6-11,14-15,21H,4-5,12-13,16-17H2,1H3,(H,24,27). The van der Waals surface area contributed by atoms with E-state index in [0.717, 1.165) is 28.2 Å². The summed E-state index contributed by atoms with van der Waals surface area (Å²) in [6.45, 7) is 2.30. The summed E-state index contributed by atoms with van der Waals surface area (Å²) in [4.78, 5) is 16.4. The van der Waals surface area contributed by atoms with Crippen LogP contribution in [0.25, 0.3) is 10.8 Å². The third-order valence-corrected chi connectivity index (χ3v) is 8.51. The maximum absolute atomic E-state index is 13.0. The van der Waals surface area contributed by atoms with Crippen molar-refractivity contribution >= 4 is 38.0 Å². The van der Waals surface area contributed by atoms with Crippen molar-refractivity contribution < 1.29 is 13.2 Å². The molecular weight excluding hydrogens is 430 g/mol. The summed E-state index contributed by atoms with van der Waals surface area (Å²) in [6, 6.07) is 16.9. The molecule has 1 N–H and O–H groups in total. The van der Waals surface area contributed by atoms with Gasteiger partial charge < -0.3 is 5.32 Å². The van der Waals surface area contributed by atoms with E-state index in [-0.39, 0.29) is 23.4 Å². The lowest BCUT2D eigenvalue weighted by atomic mass is 10.1. The fourth-order valence-corrected chi connectivity index (χ4v) is 6.03. The monoisotopic (exact) mass is 457 g/mol. The van der Waals surface area contributed by atoms with Gasteiger partial charge in [-0.1, -0.05) is 36.4 Å². The van der Waals surface area contributed by atoms with Gasteiger partial charge in [0.1, 0.15) is 0 Å². The van der Waals surface area contributed by atoms with E-state index >= 15 is 0 Å². The normalized spacial score (nSPS) is 16.1. The first-order valence-electron chi connectivity index (χ1n) is 10.4. The Bertz CT molecular complexity index is 1140. The van der Waals surface area contributed by atoms with Gasteiger partial charge in [0.05, 0.1) is 17.5 Å². The number of rotatable bonds is 8. The molecular formula is C23H27N3O3S2. The Morgan fingerprint density at radius 1 is 1.10 bits per heavy atom. The Labute approximate surface area is 187 Å². The average molecular weight is 458 g/mol. The number of carbonyl (C=O) groups is 1. The number of sulfonamides is 1. The van der Waals surface area contributed by atoms with E-state index in [2.05, 4.69) is 16.3 Å². The molecule has 1 aliphatic heterocycles. The SMILES string of the molecule is CN(CC(=O)NCC(c1cccs1)N1CCCC1)S(=O)(=O)c1ccc2ccccc2c1. The Hall–Kier alpha value is -2.26. The van der Waals surface area contributed by atoms with Gasteiger partial charge in [-0.25, -0.2) is 8.42 Å². The highest BCUT2D eigenvalue weighted by molar-refractivity contribution is 7.89. The van der Waals surface area contributed by atoms with Crippen LogP contribution in [0.2, 0.25) is 0 Å². The first kappa shape index (κ1) is 22.0. The molecule has 2 heterocycles. The van der Waals surface area contributed by atoms with Crippen LogP contribution in [0, 0.1) is 0 Å². The zero-order valence-electron chi connectivity index (χ0n) is 17.5. The predicted molar refractivity (Wildman–Crippen MR) is 125 cm³/mol. The van der Waals surface area contributed by atoms with Crippen LogP contribution in [0.3, 0.4) is 0 Å². The molecule has 6 nitrogen and oxygen atoms in total. The van der Waals surface area contributed by atoms with Gasteiger partial charge in [-0.15, -0.1) is 11.3 Å². The summed E-state index contributed by atoms with van der Waals surface area (Å²) in [5.41, 5.74) is 0. The molecule has 31 heavy (non-hydrogen) atoms. The van der Waals surface area contributed by atoms with Crippen molar-refractivity contribution in [3.63, 3.8) is 0 Å². The number of amides is 1. The molecule has 0 radical (unpaired) electrons. The lowest BCUT2D eigenvalue weighted by molar-refractivity contribution is -0.121. The van der Waals surface area contributed by atoms with Gasteiger partial charge in [-0.05, 0) is 60.3 Å². The highest BCUT2D eigenvalue weighted by atomic mass is 32.2. The highest BCUT2D eigenvalue weighted by Gasteiger charge is 2.26. The number of fused-ring (bicyclic) bond motifs is 1. The van der Waals surface area contributed by atoms with E-state index in [1.807, 2.05) is 35.7 Å². The minimum atomic E-state index is -3.76. The molecule has 0 saturated carbocycles. The molecule has 1 fully saturated rings. The van der Waals surface area contributed by atoms with Crippen molar-refractivity contribution in [2.75, 3.05) is 33.2 Å². The van der Waals surface area contributed by atoms with Gasteiger partial charge in [0.25, 0.3) is 0 Å². The molecule has 2 aromatic carbocycles. The van der Waals surface area contributed by atoms with E-state index < -0.39 is 10.0 Å². The maximum atomic E-state index is 13.0. The second-order valence-corrected chi connectivity index (χ2v) is 10.9. The third kappa shape index (κ3) is 4.98. The van der Waals surface area contributed by atoms with Crippen LogP contribution < -0.4 is 5.32 Å². The number of nitrogens with one attached hydrogen (secondary N) is 1. The summed E-state index contributed by atoms with van der Waals surface area (Å²) in [6.07, 6.45) is 2.34. The van der Waals surface area contributed by atoms with Gasteiger partial charge in [0, 0.05) is 18.5 Å². The molecule has 1 saturated heterocycles. The Kier molecular flexibility index (Phi) is 6.71. The van der Waals surface area contributed by atoms with Crippen LogP contribution in [0.15, 0.2) is 64.9 Å². The number of likely N-dealkylation sites (tertiary alicyclic amines) is 1. The average Bonchev–Trinajstić information content (AvgIpc) is 3.48. The van der Waals surface area contributed by atoms with E-state index in [1.165, 1.54) is 24.8 Å². The van der Waals surface area contributed by atoms with Crippen molar-refractivity contribution in [1.29, 1.82) is 0 Å². The van der Waals surface area contributed by atoms with Crippen LogP contribution in [-0.2, 0) is 14.8 Å². The summed E-state index contributed by atoms with van der Waals surface area (Å²) in [7, 11) is -2.31. The Morgan fingerprint density at radius 2 is 1.84 bits per heavy atom. The van der Waals surface area contributed by atoms with Gasteiger partial charge in [0.15, 0.2) is 0 Å². The predicted octanol–water partition coefficient (Wildman–Crippen LogP) is 3.48. The molecule has 1 unspecified atom stereocenters. The van der Waals surface area contributed by atoms with E-state index in [9.17, 15) is 13.2 Å².